The fraction of sp³-hybridized carbons (Fsp3) is 0.714. The second-order valence-corrected chi connectivity index (χ2v) is 11.3. The van der Waals surface area contributed by atoms with Gasteiger partial charge in [-0.3, -0.25) is 9.59 Å². The van der Waals surface area contributed by atoms with Crippen LogP contribution in [0.15, 0.2) is 5.51 Å². The van der Waals surface area contributed by atoms with Gasteiger partial charge >= 0.3 is 0 Å². The van der Waals surface area contributed by atoms with E-state index >= 15 is 0 Å². The van der Waals surface area contributed by atoms with Gasteiger partial charge in [-0.05, 0) is 51.4 Å². The molecule has 0 aromatic carbocycles. The van der Waals surface area contributed by atoms with Crippen molar-refractivity contribution < 1.29 is 14.3 Å². The lowest BCUT2D eigenvalue weighted by molar-refractivity contribution is -0.124. The van der Waals surface area contributed by atoms with E-state index in [9.17, 15) is 9.59 Å². The first-order valence-corrected chi connectivity index (χ1v) is 12.9. The van der Waals surface area contributed by atoms with Crippen molar-refractivity contribution in [1.82, 2.24) is 31.0 Å². The summed E-state index contributed by atoms with van der Waals surface area (Å²) < 4.78 is 5.88. The fourth-order valence-corrected chi connectivity index (χ4v) is 7.16. The molecule has 4 aliphatic rings. The van der Waals surface area contributed by atoms with Gasteiger partial charge in [0.15, 0.2) is 0 Å². The van der Waals surface area contributed by atoms with Crippen molar-refractivity contribution in [3.8, 4) is 0 Å². The lowest BCUT2D eigenvalue weighted by Crippen LogP contribution is -2.58. The number of carbonyl (C=O) groups is 2. The molecule has 4 fully saturated rings. The smallest absolute Gasteiger partial charge is 0.227 e. The Balaban J connectivity index is 1.13. The number of nitrogens with one attached hydrogen (secondary N) is 2. The summed E-state index contributed by atoms with van der Waals surface area (Å²) in [5.74, 6) is -0.0177. The number of hydrogen-bond donors (Lipinski definition) is 2. The van der Waals surface area contributed by atoms with Crippen LogP contribution in [0, 0.1) is 0 Å². The first-order valence-electron chi connectivity index (χ1n) is 11.2. The van der Waals surface area contributed by atoms with E-state index in [1.165, 1.54) is 18.3 Å². The molecule has 0 spiro atoms. The molecule has 3 heterocycles. The highest BCUT2D eigenvalue weighted by atomic mass is 32.1. The van der Waals surface area contributed by atoms with Gasteiger partial charge in [-0.25, -0.2) is 0 Å². The van der Waals surface area contributed by atoms with E-state index in [-0.39, 0.29) is 41.3 Å². The van der Waals surface area contributed by atoms with Crippen LogP contribution >= 0.6 is 22.7 Å². The summed E-state index contributed by atoms with van der Waals surface area (Å²) in [7, 11) is 0. The molecule has 11 heteroatoms. The van der Waals surface area contributed by atoms with Crippen molar-refractivity contribution in [3.05, 3.63) is 20.5 Å². The summed E-state index contributed by atoms with van der Waals surface area (Å²) in [6.45, 7) is 1.99. The molecule has 32 heavy (non-hydrogen) atoms. The molecule has 1 aliphatic heterocycles. The molecule has 1 saturated heterocycles. The lowest BCUT2D eigenvalue weighted by atomic mass is 9.57. The number of rotatable bonds is 6. The van der Waals surface area contributed by atoms with Crippen LogP contribution in [0.25, 0.3) is 0 Å². The zero-order valence-corrected chi connectivity index (χ0v) is 19.8. The Morgan fingerprint density at radius 3 is 2.53 bits per heavy atom. The normalized spacial score (nSPS) is 31.9. The van der Waals surface area contributed by atoms with E-state index in [0.717, 1.165) is 66.4 Å². The second kappa shape index (κ2) is 8.75. The molecule has 3 saturated carbocycles. The molecule has 2 aromatic heterocycles. The van der Waals surface area contributed by atoms with Crippen LogP contribution in [0.5, 0.6) is 0 Å². The zero-order valence-electron chi connectivity index (χ0n) is 18.1. The van der Waals surface area contributed by atoms with E-state index in [1.807, 2.05) is 5.51 Å². The molecule has 0 unspecified atom stereocenters. The lowest BCUT2D eigenvalue weighted by Gasteiger charge is -2.52. The van der Waals surface area contributed by atoms with Crippen LogP contribution in [-0.4, -0.2) is 50.4 Å². The Morgan fingerprint density at radius 2 is 1.91 bits per heavy atom. The van der Waals surface area contributed by atoms with Gasteiger partial charge in [0, 0.05) is 17.9 Å². The quantitative estimate of drug-likeness (QED) is 0.657. The topological polar surface area (TPSA) is 119 Å². The minimum absolute atomic E-state index is 0.0216. The molecule has 172 valence electrons. The van der Waals surface area contributed by atoms with Crippen LogP contribution in [-0.2, 0) is 26.2 Å². The SMILES string of the molecule is CC(=O)N[C@@H]1CC[C@@H](c2nnc(CC(=O)NC34CCC(c5nncs5)(CC3)CC4)s2)OC1. The number of aromatic nitrogens is 4. The fourth-order valence-electron chi connectivity index (χ4n) is 5.39. The van der Waals surface area contributed by atoms with Crippen molar-refractivity contribution in [3.63, 3.8) is 0 Å². The van der Waals surface area contributed by atoms with Crippen molar-refractivity contribution in [2.75, 3.05) is 6.61 Å². The number of nitrogens with zero attached hydrogens (tertiary/aromatic N) is 4. The van der Waals surface area contributed by atoms with Gasteiger partial charge in [-0.2, -0.15) is 0 Å². The van der Waals surface area contributed by atoms with Gasteiger partial charge in [0.1, 0.15) is 26.6 Å². The summed E-state index contributed by atoms with van der Waals surface area (Å²) in [6, 6.07) is 0.0535. The highest BCUT2D eigenvalue weighted by Crippen LogP contribution is 2.53. The maximum Gasteiger partial charge on any atom is 0.227 e. The van der Waals surface area contributed by atoms with Crippen LogP contribution in [0.1, 0.15) is 79.4 Å². The minimum Gasteiger partial charge on any atom is -0.369 e. The average molecular weight is 477 g/mol. The number of fused-ring (bicyclic) bond motifs is 3. The van der Waals surface area contributed by atoms with E-state index in [1.54, 1.807) is 11.3 Å². The Labute approximate surface area is 194 Å². The predicted octanol–water partition coefficient (Wildman–Crippen LogP) is 2.45. The van der Waals surface area contributed by atoms with Crippen LogP contribution in [0.2, 0.25) is 0 Å². The average Bonchev–Trinajstić information content (AvgIpc) is 3.48. The van der Waals surface area contributed by atoms with Gasteiger partial charge < -0.3 is 15.4 Å². The number of carbonyl (C=O) groups excluding carboxylic acids is 2. The summed E-state index contributed by atoms with van der Waals surface area (Å²) in [5.41, 5.74) is 1.89. The number of amides is 2. The standard InChI is InChI=1S/C21H28N6O3S2/c1-13(28)23-14-2-3-15(30-11-14)18-26-25-17(32-18)10-16(29)24-21-7-4-20(5-8-21,6-9-21)19-27-22-12-31-19/h12,14-15H,2-11H2,1H3,(H,23,28)(H,24,29)/t14-,15+,20?,21?/m1/s1. The summed E-state index contributed by atoms with van der Waals surface area (Å²) >= 11 is 3.11. The maximum absolute atomic E-state index is 12.8. The van der Waals surface area contributed by atoms with Crippen LogP contribution < -0.4 is 10.6 Å². The Hall–Kier alpha value is -1.98. The van der Waals surface area contributed by atoms with Crippen LogP contribution in [0.4, 0.5) is 0 Å². The van der Waals surface area contributed by atoms with E-state index < -0.39 is 0 Å². The van der Waals surface area contributed by atoms with Crippen molar-refractivity contribution in [1.29, 1.82) is 0 Å². The zero-order chi connectivity index (χ0) is 22.2. The molecule has 3 aliphatic carbocycles. The molecule has 2 N–H and O–H groups in total. The number of ether oxygens (including phenoxy) is 1. The summed E-state index contributed by atoms with van der Waals surface area (Å²) in [6.07, 6.45) is 7.92. The third-order valence-electron chi connectivity index (χ3n) is 7.22. The predicted molar refractivity (Wildman–Crippen MR) is 119 cm³/mol. The van der Waals surface area contributed by atoms with Crippen molar-refractivity contribution in [2.24, 2.45) is 0 Å². The Morgan fingerprint density at radius 1 is 1.12 bits per heavy atom. The molecular weight excluding hydrogens is 448 g/mol. The monoisotopic (exact) mass is 476 g/mol. The summed E-state index contributed by atoms with van der Waals surface area (Å²) in [5, 5.41) is 25.8. The molecule has 2 amide bonds. The Bertz CT molecular complexity index is 946. The third kappa shape index (κ3) is 4.42. The first-order chi connectivity index (χ1) is 15.5. The largest absolute Gasteiger partial charge is 0.369 e. The molecule has 2 bridgehead atoms. The van der Waals surface area contributed by atoms with E-state index in [2.05, 4.69) is 31.0 Å². The third-order valence-corrected chi connectivity index (χ3v) is 9.17. The molecule has 2 atom stereocenters. The molecule has 2 aromatic rings. The van der Waals surface area contributed by atoms with Gasteiger partial charge in [-0.1, -0.05) is 11.3 Å². The Kier molecular flexibility index (Phi) is 5.98. The van der Waals surface area contributed by atoms with E-state index in [4.69, 9.17) is 4.74 Å². The van der Waals surface area contributed by atoms with Gasteiger partial charge in [0.05, 0.1) is 19.1 Å². The second-order valence-electron chi connectivity index (χ2n) is 9.36. The van der Waals surface area contributed by atoms with Gasteiger partial charge in [0.2, 0.25) is 11.8 Å². The van der Waals surface area contributed by atoms with Gasteiger partial charge in [0.25, 0.3) is 0 Å². The molecule has 0 radical (unpaired) electrons. The molecule has 6 rings (SSSR count). The van der Waals surface area contributed by atoms with Crippen LogP contribution in [0.3, 0.4) is 0 Å². The molecule has 9 nitrogen and oxygen atoms in total. The first kappa shape index (κ1) is 21.8. The van der Waals surface area contributed by atoms with Crippen molar-refractivity contribution >= 4 is 34.5 Å². The summed E-state index contributed by atoms with van der Waals surface area (Å²) in [4.78, 5) is 24.0. The highest BCUT2D eigenvalue weighted by molar-refractivity contribution is 7.11. The van der Waals surface area contributed by atoms with Gasteiger partial charge in [-0.15, -0.1) is 31.7 Å². The maximum atomic E-state index is 12.8. The minimum atomic E-state index is -0.113. The van der Waals surface area contributed by atoms with E-state index in [0.29, 0.717) is 6.61 Å². The number of hydrogen-bond acceptors (Lipinski definition) is 9. The van der Waals surface area contributed by atoms with Crippen molar-refractivity contribution in [2.45, 2.75) is 87.8 Å². The highest BCUT2D eigenvalue weighted by Gasteiger charge is 2.51. The molecular formula is C21H28N6O3S2.